The van der Waals surface area contributed by atoms with Crippen LogP contribution in [0.2, 0.25) is 0 Å². The number of anilines is 3. The van der Waals surface area contributed by atoms with Crippen molar-refractivity contribution < 1.29 is 14.6 Å². The highest BCUT2D eigenvalue weighted by atomic mass is 16.5. The summed E-state index contributed by atoms with van der Waals surface area (Å²) < 4.78 is 7.19. The maximum atomic E-state index is 12.8. The first-order valence-corrected chi connectivity index (χ1v) is 11.0. The van der Waals surface area contributed by atoms with Gasteiger partial charge in [-0.2, -0.15) is 9.61 Å². The molecule has 0 radical (unpaired) electrons. The topological polar surface area (TPSA) is 126 Å². The predicted molar refractivity (Wildman–Crippen MR) is 119 cm³/mol. The number of carbonyl (C=O) groups excluding carboxylic acids is 1. The number of nitrogens with zero attached hydrogens (tertiary/aromatic N) is 4. The van der Waals surface area contributed by atoms with Crippen LogP contribution >= 0.6 is 0 Å². The highest BCUT2D eigenvalue weighted by molar-refractivity contribution is 6.00. The van der Waals surface area contributed by atoms with E-state index in [1.54, 1.807) is 11.6 Å². The zero-order valence-corrected chi connectivity index (χ0v) is 17.9. The van der Waals surface area contributed by atoms with Crippen LogP contribution in [0.15, 0.2) is 30.5 Å². The van der Waals surface area contributed by atoms with Crippen molar-refractivity contribution in [3.05, 3.63) is 41.7 Å². The van der Waals surface area contributed by atoms with E-state index >= 15 is 0 Å². The third kappa shape index (κ3) is 3.98. The van der Waals surface area contributed by atoms with Crippen molar-refractivity contribution in [3.63, 3.8) is 0 Å². The van der Waals surface area contributed by atoms with E-state index in [1.807, 2.05) is 24.3 Å². The van der Waals surface area contributed by atoms with Crippen molar-refractivity contribution in [1.82, 2.24) is 24.9 Å². The minimum Gasteiger partial charge on any atom is -0.391 e. The Bertz CT molecular complexity index is 1130. The van der Waals surface area contributed by atoms with E-state index in [9.17, 15) is 9.90 Å². The molecule has 0 spiro atoms. The van der Waals surface area contributed by atoms with Crippen LogP contribution in [0.3, 0.4) is 0 Å². The molecule has 0 aromatic carbocycles. The summed E-state index contributed by atoms with van der Waals surface area (Å²) in [5.74, 6) is 1.89. The fourth-order valence-electron chi connectivity index (χ4n) is 4.12. The van der Waals surface area contributed by atoms with Gasteiger partial charge in [0.1, 0.15) is 23.0 Å². The summed E-state index contributed by atoms with van der Waals surface area (Å²) in [6.07, 6.45) is 4.57. The van der Waals surface area contributed by atoms with Crippen LogP contribution in [0.1, 0.15) is 47.7 Å². The van der Waals surface area contributed by atoms with Crippen molar-refractivity contribution in [2.45, 2.75) is 43.7 Å². The van der Waals surface area contributed by atoms with Crippen LogP contribution in [-0.2, 0) is 4.74 Å². The predicted octanol–water partition coefficient (Wildman–Crippen LogP) is 2.06. The number of rotatable bonds is 6. The van der Waals surface area contributed by atoms with Gasteiger partial charge in [0.25, 0.3) is 5.91 Å². The van der Waals surface area contributed by atoms with Crippen LogP contribution in [0.4, 0.5) is 17.5 Å². The Balaban J connectivity index is 1.42. The molecule has 2 aliphatic rings. The van der Waals surface area contributed by atoms with E-state index in [1.165, 1.54) is 6.20 Å². The second kappa shape index (κ2) is 8.71. The number of nitrogens with one attached hydrogen (secondary N) is 3. The molecule has 2 fully saturated rings. The minimum absolute atomic E-state index is 0.224. The maximum Gasteiger partial charge on any atom is 0.257 e. The van der Waals surface area contributed by atoms with Gasteiger partial charge in [-0.05, 0) is 37.8 Å². The summed E-state index contributed by atoms with van der Waals surface area (Å²) in [5.41, 5.74) is 1.76. The molecule has 3 aromatic heterocycles. The van der Waals surface area contributed by atoms with E-state index in [-0.39, 0.29) is 11.9 Å². The Morgan fingerprint density at radius 1 is 1.22 bits per heavy atom. The second-order valence-electron chi connectivity index (χ2n) is 8.28. The molecule has 1 amide bonds. The summed E-state index contributed by atoms with van der Waals surface area (Å²) in [5, 5.41) is 23.3. The molecule has 1 saturated heterocycles. The molecule has 4 N–H and O–H groups in total. The van der Waals surface area contributed by atoms with Gasteiger partial charge in [0.2, 0.25) is 0 Å². The van der Waals surface area contributed by atoms with Gasteiger partial charge in [0.05, 0.1) is 24.9 Å². The highest BCUT2D eigenvalue weighted by Crippen LogP contribution is 2.27. The van der Waals surface area contributed by atoms with E-state index in [2.05, 4.69) is 26.0 Å². The van der Waals surface area contributed by atoms with Crippen LogP contribution in [0, 0.1) is 0 Å². The fourth-order valence-corrected chi connectivity index (χ4v) is 4.12. The third-order valence-corrected chi connectivity index (χ3v) is 6.13. The van der Waals surface area contributed by atoms with Gasteiger partial charge in [-0.25, -0.2) is 9.97 Å². The van der Waals surface area contributed by atoms with Crippen molar-refractivity contribution in [3.8, 4) is 0 Å². The number of hydrogen-bond donors (Lipinski definition) is 4. The van der Waals surface area contributed by atoms with E-state index < -0.39 is 6.10 Å². The van der Waals surface area contributed by atoms with Gasteiger partial charge in [-0.15, -0.1) is 0 Å². The van der Waals surface area contributed by atoms with E-state index in [0.717, 1.165) is 31.6 Å². The molecular formula is C22H27N7O3. The highest BCUT2D eigenvalue weighted by Gasteiger charge is 2.31. The molecule has 10 nitrogen and oxygen atoms in total. The van der Waals surface area contributed by atoms with Crippen molar-refractivity contribution in [2.24, 2.45) is 0 Å². The molecule has 1 aliphatic heterocycles. The Labute approximate surface area is 185 Å². The zero-order chi connectivity index (χ0) is 22.1. The van der Waals surface area contributed by atoms with Gasteiger partial charge in [-0.3, -0.25) is 4.79 Å². The molecule has 10 heteroatoms. The first kappa shape index (κ1) is 20.7. The largest absolute Gasteiger partial charge is 0.391 e. The third-order valence-electron chi connectivity index (χ3n) is 6.13. The van der Waals surface area contributed by atoms with Gasteiger partial charge in [0.15, 0.2) is 5.65 Å². The molecule has 168 valence electrons. The lowest BCUT2D eigenvalue weighted by molar-refractivity contribution is 0.0448. The molecule has 1 saturated carbocycles. The lowest BCUT2D eigenvalue weighted by Crippen LogP contribution is -2.50. The number of pyridine rings is 1. The van der Waals surface area contributed by atoms with Gasteiger partial charge in [-0.1, -0.05) is 6.07 Å². The minimum atomic E-state index is -0.494. The average Bonchev–Trinajstić information content (AvgIpc) is 3.26. The van der Waals surface area contributed by atoms with E-state index in [0.29, 0.717) is 47.6 Å². The first-order chi connectivity index (χ1) is 15.6. The van der Waals surface area contributed by atoms with Crippen molar-refractivity contribution >= 4 is 29.0 Å². The number of ether oxygens (including phenoxy) is 1. The molecule has 5 rings (SSSR count). The lowest BCUT2D eigenvalue weighted by Gasteiger charge is -2.32. The number of aromatic nitrogens is 4. The first-order valence-electron chi connectivity index (χ1n) is 11.0. The van der Waals surface area contributed by atoms with Crippen molar-refractivity contribution in [2.75, 3.05) is 30.9 Å². The van der Waals surface area contributed by atoms with Crippen LogP contribution in [0.25, 0.3) is 5.65 Å². The van der Waals surface area contributed by atoms with Gasteiger partial charge < -0.3 is 25.8 Å². The molecule has 0 unspecified atom stereocenters. The van der Waals surface area contributed by atoms with Gasteiger partial charge >= 0.3 is 0 Å². The number of aliphatic hydroxyl groups is 1. The smallest absolute Gasteiger partial charge is 0.257 e. The Morgan fingerprint density at radius 2 is 2.12 bits per heavy atom. The van der Waals surface area contributed by atoms with Crippen molar-refractivity contribution in [1.29, 1.82) is 0 Å². The standard InChI is InChI=1S/C22H27N7O3/c1-23-20-10-19(27-18-6-2-5-15(25-18)13-4-3-9-32-12-13)28-21-14(11-24-29(20)21)22(31)26-16-7-8-17(16)30/h2,5-6,10-11,13,16-17,23,30H,3-4,7-9,12H2,1H3,(H,26,31)(H,25,27,28)/t13-,16-,17+/m1/s1. The maximum absolute atomic E-state index is 12.8. The molecule has 1 aliphatic carbocycles. The summed E-state index contributed by atoms with van der Waals surface area (Å²) in [6, 6.07) is 7.47. The lowest BCUT2D eigenvalue weighted by atomic mass is 9.89. The number of fused-ring (bicyclic) bond motifs is 1. The molecule has 3 aromatic rings. The fraction of sp³-hybridized carbons (Fsp3) is 0.455. The zero-order valence-electron chi connectivity index (χ0n) is 17.9. The summed E-state index contributed by atoms with van der Waals surface area (Å²) in [6.45, 7) is 1.50. The normalized spacial score (nSPS) is 22.9. The number of hydrogen-bond acceptors (Lipinski definition) is 8. The monoisotopic (exact) mass is 437 g/mol. The Kier molecular flexibility index (Phi) is 5.62. The molecule has 3 atom stereocenters. The molecular weight excluding hydrogens is 410 g/mol. The van der Waals surface area contributed by atoms with Crippen LogP contribution in [0.5, 0.6) is 0 Å². The van der Waals surface area contributed by atoms with Gasteiger partial charge in [0, 0.05) is 31.3 Å². The quantitative estimate of drug-likeness (QED) is 0.462. The molecule has 4 heterocycles. The molecule has 32 heavy (non-hydrogen) atoms. The van der Waals surface area contributed by atoms with E-state index in [4.69, 9.17) is 9.72 Å². The summed E-state index contributed by atoms with van der Waals surface area (Å²) in [4.78, 5) is 22.2. The Hall–Kier alpha value is -3.24. The molecule has 0 bridgehead atoms. The van der Waals surface area contributed by atoms with Crippen LogP contribution < -0.4 is 16.0 Å². The number of carbonyl (C=O) groups is 1. The SMILES string of the molecule is CNc1cc(Nc2cccc([C@@H]3CCCOC3)n2)nc2c(C(=O)N[C@@H]3CC[C@@H]3O)cnn12. The average molecular weight is 438 g/mol. The summed E-state index contributed by atoms with van der Waals surface area (Å²) >= 11 is 0. The number of aliphatic hydroxyl groups excluding tert-OH is 1. The Morgan fingerprint density at radius 3 is 2.84 bits per heavy atom. The second-order valence-corrected chi connectivity index (χ2v) is 8.28. The van der Waals surface area contributed by atoms with Crippen LogP contribution in [-0.4, -0.2) is 63.0 Å². The number of amides is 1. The summed E-state index contributed by atoms with van der Waals surface area (Å²) in [7, 11) is 1.78.